The minimum absolute atomic E-state index is 0.215. The van der Waals surface area contributed by atoms with Crippen LogP contribution in [0, 0.1) is 0 Å². The average molecular weight is 477 g/mol. The number of aromatic amines is 1. The van der Waals surface area contributed by atoms with Gasteiger partial charge in [0, 0.05) is 49.0 Å². The van der Waals surface area contributed by atoms with E-state index in [0.717, 1.165) is 40.2 Å². The standard InChI is InChI=1S/C26H32N6O3/c1-17-16-34-14-13-32(17)22-15-21(18-7-11-31(12-8-18)25(33)35-26(2,3)4)29-24(30-22)20-6-10-28-23-19(20)5-9-27-23/h5-7,9-10,15,17H,8,11-14,16H2,1-4H3,(H,27,28)/t17-/m1/s1. The number of fused-ring (bicyclic) bond motifs is 1. The van der Waals surface area contributed by atoms with Crippen LogP contribution in [-0.2, 0) is 9.47 Å². The highest BCUT2D eigenvalue weighted by atomic mass is 16.6. The van der Waals surface area contributed by atoms with Gasteiger partial charge in [0.25, 0.3) is 0 Å². The zero-order valence-corrected chi connectivity index (χ0v) is 20.7. The number of anilines is 1. The molecule has 9 nitrogen and oxygen atoms in total. The minimum atomic E-state index is -0.513. The van der Waals surface area contributed by atoms with Crippen LogP contribution in [0.25, 0.3) is 28.0 Å². The van der Waals surface area contributed by atoms with E-state index in [0.29, 0.717) is 38.5 Å². The third kappa shape index (κ3) is 5.00. The molecule has 5 heterocycles. The Morgan fingerprint density at radius 2 is 2.09 bits per heavy atom. The molecule has 3 aromatic heterocycles. The Balaban J connectivity index is 1.51. The fraction of sp³-hybridized carbons (Fsp3) is 0.462. The van der Waals surface area contributed by atoms with Gasteiger partial charge in [-0.25, -0.2) is 19.7 Å². The molecular formula is C26H32N6O3. The summed E-state index contributed by atoms with van der Waals surface area (Å²) in [6, 6.07) is 6.24. The number of pyridine rings is 1. The monoisotopic (exact) mass is 476 g/mol. The topological polar surface area (TPSA) is 96.5 Å². The van der Waals surface area contributed by atoms with Crippen LogP contribution in [0.3, 0.4) is 0 Å². The van der Waals surface area contributed by atoms with Gasteiger partial charge < -0.3 is 24.3 Å². The predicted octanol–water partition coefficient (Wildman–Crippen LogP) is 4.27. The van der Waals surface area contributed by atoms with E-state index in [1.807, 2.05) is 39.1 Å². The van der Waals surface area contributed by atoms with Crippen molar-refractivity contribution in [1.82, 2.24) is 24.8 Å². The number of nitrogens with zero attached hydrogens (tertiary/aromatic N) is 5. The molecule has 0 bridgehead atoms. The first-order chi connectivity index (χ1) is 16.8. The molecule has 184 valence electrons. The highest BCUT2D eigenvalue weighted by Gasteiger charge is 2.26. The van der Waals surface area contributed by atoms with Gasteiger partial charge in [-0.05, 0) is 51.8 Å². The molecule has 1 fully saturated rings. The summed E-state index contributed by atoms with van der Waals surface area (Å²) in [5, 5.41) is 0.986. The van der Waals surface area contributed by atoms with E-state index >= 15 is 0 Å². The fourth-order valence-corrected chi connectivity index (χ4v) is 4.48. The molecule has 0 spiro atoms. The lowest BCUT2D eigenvalue weighted by Gasteiger charge is -2.35. The van der Waals surface area contributed by atoms with Crippen molar-refractivity contribution in [3.8, 4) is 11.4 Å². The van der Waals surface area contributed by atoms with Gasteiger partial charge in [-0.3, -0.25) is 0 Å². The van der Waals surface area contributed by atoms with Gasteiger partial charge in [-0.15, -0.1) is 0 Å². The van der Waals surface area contributed by atoms with Crippen LogP contribution < -0.4 is 4.90 Å². The van der Waals surface area contributed by atoms with Crippen LogP contribution in [0.4, 0.5) is 10.6 Å². The van der Waals surface area contributed by atoms with E-state index in [4.69, 9.17) is 19.4 Å². The van der Waals surface area contributed by atoms with Crippen LogP contribution in [0.2, 0.25) is 0 Å². The molecule has 2 aliphatic heterocycles. The number of rotatable bonds is 3. The second kappa shape index (κ2) is 9.30. The van der Waals surface area contributed by atoms with Crippen LogP contribution in [0.5, 0.6) is 0 Å². The number of nitrogens with one attached hydrogen (secondary N) is 1. The number of aromatic nitrogens is 4. The van der Waals surface area contributed by atoms with Gasteiger partial charge in [-0.2, -0.15) is 0 Å². The van der Waals surface area contributed by atoms with Gasteiger partial charge in [0.2, 0.25) is 0 Å². The molecule has 1 atom stereocenters. The first-order valence-corrected chi connectivity index (χ1v) is 12.1. The summed E-state index contributed by atoms with van der Waals surface area (Å²) in [5.74, 6) is 1.55. The van der Waals surface area contributed by atoms with Gasteiger partial charge in [0.1, 0.15) is 17.1 Å². The molecule has 0 aliphatic carbocycles. The van der Waals surface area contributed by atoms with Crippen LogP contribution in [0.15, 0.2) is 36.7 Å². The van der Waals surface area contributed by atoms with Crippen molar-refractivity contribution in [2.75, 3.05) is 37.7 Å². The highest BCUT2D eigenvalue weighted by Crippen LogP contribution is 2.31. The predicted molar refractivity (Wildman–Crippen MR) is 135 cm³/mol. The van der Waals surface area contributed by atoms with Crippen LogP contribution in [-0.4, -0.2) is 75.4 Å². The van der Waals surface area contributed by atoms with Crippen molar-refractivity contribution in [2.24, 2.45) is 0 Å². The first-order valence-electron chi connectivity index (χ1n) is 12.1. The maximum atomic E-state index is 12.5. The first kappa shape index (κ1) is 23.3. The lowest BCUT2D eigenvalue weighted by Crippen LogP contribution is -2.44. The molecule has 5 rings (SSSR count). The smallest absolute Gasteiger partial charge is 0.410 e. The van der Waals surface area contributed by atoms with Gasteiger partial charge in [0.05, 0.1) is 24.9 Å². The number of amides is 1. The van der Waals surface area contributed by atoms with Crippen molar-refractivity contribution >= 4 is 28.5 Å². The molecule has 2 aliphatic rings. The van der Waals surface area contributed by atoms with Crippen LogP contribution >= 0.6 is 0 Å². The minimum Gasteiger partial charge on any atom is -0.444 e. The number of H-pyrrole nitrogens is 1. The zero-order chi connectivity index (χ0) is 24.6. The Bertz CT molecular complexity index is 1260. The summed E-state index contributed by atoms with van der Waals surface area (Å²) >= 11 is 0. The van der Waals surface area contributed by atoms with Crippen molar-refractivity contribution in [3.63, 3.8) is 0 Å². The second-order valence-corrected chi connectivity index (χ2v) is 10.1. The molecule has 0 unspecified atom stereocenters. The Hall–Kier alpha value is -3.46. The number of hydrogen-bond donors (Lipinski definition) is 1. The van der Waals surface area contributed by atoms with Crippen molar-refractivity contribution in [2.45, 2.75) is 45.8 Å². The quantitative estimate of drug-likeness (QED) is 0.603. The summed E-state index contributed by atoms with van der Waals surface area (Å²) in [6.45, 7) is 11.0. The number of carbonyl (C=O) groups is 1. The summed E-state index contributed by atoms with van der Waals surface area (Å²) in [5.41, 5.74) is 3.22. The molecule has 0 radical (unpaired) electrons. The Kier molecular flexibility index (Phi) is 6.19. The zero-order valence-electron chi connectivity index (χ0n) is 20.7. The molecule has 1 N–H and O–H groups in total. The van der Waals surface area contributed by atoms with Crippen molar-refractivity contribution in [1.29, 1.82) is 0 Å². The number of ether oxygens (including phenoxy) is 2. The van der Waals surface area contributed by atoms with Crippen molar-refractivity contribution in [3.05, 3.63) is 42.4 Å². The number of carbonyl (C=O) groups excluding carboxylic acids is 1. The van der Waals surface area contributed by atoms with Gasteiger partial charge >= 0.3 is 6.09 Å². The van der Waals surface area contributed by atoms with E-state index < -0.39 is 5.60 Å². The normalized spacial score (nSPS) is 19.1. The molecule has 1 saturated heterocycles. The molecule has 9 heteroatoms. The SMILES string of the molecule is C[C@@H]1COCCN1c1cc(C2=CCN(C(=O)OC(C)(C)C)CC2)nc(-c2ccnc3[nH]ccc23)n1. The number of morpholine rings is 1. The lowest BCUT2D eigenvalue weighted by atomic mass is 10.0. The van der Waals surface area contributed by atoms with E-state index in [1.165, 1.54) is 0 Å². The van der Waals surface area contributed by atoms with E-state index in [-0.39, 0.29) is 12.1 Å². The third-order valence-electron chi connectivity index (χ3n) is 6.27. The third-order valence-corrected chi connectivity index (χ3v) is 6.27. The maximum Gasteiger partial charge on any atom is 0.410 e. The van der Waals surface area contributed by atoms with E-state index in [9.17, 15) is 4.79 Å². The van der Waals surface area contributed by atoms with E-state index in [1.54, 1.807) is 11.1 Å². The number of hydrogen-bond acceptors (Lipinski definition) is 7. The molecule has 35 heavy (non-hydrogen) atoms. The fourth-order valence-electron chi connectivity index (χ4n) is 4.48. The largest absolute Gasteiger partial charge is 0.444 e. The molecule has 0 aromatic carbocycles. The summed E-state index contributed by atoms with van der Waals surface area (Å²) in [6.07, 6.45) is 6.14. The Labute approximate surface area is 205 Å². The molecular weight excluding hydrogens is 444 g/mol. The Morgan fingerprint density at radius 3 is 2.83 bits per heavy atom. The van der Waals surface area contributed by atoms with Gasteiger partial charge in [-0.1, -0.05) is 6.08 Å². The lowest BCUT2D eigenvalue weighted by molar-refractivity contribution is 0.0270. The average Bonchev–Trinajstić information content (AvgIpc) is 3.32. The van der Waals surface area contributed by atoms with Gasteiger partial charge in [0.15, 0.2) is 5.82 Å². The Morgan fingerprint density at radius 1 is 1.23 bits per heavy atom. The molecule has 1 amide bonds. The second-order valence-electron chi connectivity index (χ2n) is 10.1. The summed E-state index contributed by atoms with van der Waals surface area (Å²) in [4.78, 5) is 34.1. The molecule has 0 saturated carbocycles. The maximum absolute atomic E-state index is 12.5. The summed E-state index contributed by atoms with van der Waals surface area (Å²) in [7, 11) is 0. The summed E-state index contributed by atoms with van der Waals surface area (Å²) < 4.78 is 11.2. The highest BCUT2D eigenvalue weighted by molar-refractivity contribution is 5.91. The van der Waals surface area contributed by atoms with E-state index in [2.05, 4.69) is 33.9 Å². The molecule has 3 aromatic rings. The van der Waals surface area contributed by atoms with Crippen LogP contribution in [0.1, 0.15) is 39.8 Å². The van der Waals surface area contributed by atoms with Crippen molar-refractivity contribution < 1.29 is 14.3 Å².